The van der Waals surface area contributed by atoms with Gasteiger partial charge in [-0.05, 0) is 42.3 Å². The van der Waals surface area contributed by atoms with E-state index in [2.05, 4.69) is 38.8 Å². The first-order chi connectivity index (χ1) is 11.2. The summed E-state index contributed by atoms with van der Waals surface area (Å²) in [7, 11) is 0. The molecule has 23 heavy (non-hydrogen) atoms. The van der Waals surface area contributed by atoms with Crippen molar-refractivity contribution in [1.29, 1.82) is 0 Å². The van der Waals surface area contributed by atoms with Gasteiger partial charge in [0.1, 0.15) is 0 Å². The molecule has 0 saturated carbocycles. The molecule has 0 spiro atoms. The molecule has 6 heteroatoms. The third-order valence-electron chi connectivity index (χ3n) is 3.32. The molecular weight excluding hydrogens is 310 g/mol. The number of para-hydroxylation sites is 1. The van der Waals surface area contributed by atoms with Gasteiger partial charge >= 0.3 is 0 Å². The van der Waals surface area contributed by atoms with Crippen LogP contribution in [0.4, 0.5) is 23.1 Å². The van der Waals surface area contributed by atoms with Crippen LogP contribution < -0.4 is 10.6 Å². The maximum absolute atomic E-state index is 5.88. The van der Waals surface area contributed by atoms with Crippen LogP contribution in [-0.4, -0.2) is 15.2 Å². The fourth-order valence-corrected chi connectivity index (χ4v) is 2.29. The summed E-state index contributed by atoms with van der Waals surface area (Å²) in [5.74, 6) is 1.06. The molecule has 0 amide bonds. The molecule has 0 atom stereocenters. The van der Waals surface area contributed by atoms with E-state index in [0.717, 1.165) is 17.8 Å². The molecule has 0 saturated heterocycles. The van der Waals surface area contributed by atoms with Crippen molar-refractivity contribution in [2.45, 2.75) is 13.3 Å². The van der Waals surface area contributed by atoms with Crippen LogP contribution in [0.15, 0.2) is 54.7 Å². The predicted molar refractivity (Wildman–Crippen MR) is 93.7 cm³/mol. The molecule has 1 aromatic heterocycles. The zero-order chi connectivity index (χ0) is 16.1. The molecule has 116 valence electrons. The van der Waals surface area contributed by atoms with Crippen LogP contribution in [0.25, 0.3) is 0 Å². The Morgan fingerprint density at radius 2 is 1.78 bits per heavy atom. The molecule has 0 aliphatic carbocycles. The van der Waals surface area contributed by atoms with Crippen molar-refractivity contribution in [3.63, 3.8) is 0 Å². The molecular formula is C17H16ClN5. The molecule has 2 N–H and O–H groups in total. The Balaban J connectivity index is 1.78. The number of anilines is 4. The molecule has 3 rings (SSSR count). The Hall–Kier alpha value is -2.66. The van der Waals surface area contributed by atoms with Crippen molar-refractivity contribution in [2.24, 2.45) is 0 Å². The number of hydrogen-bond donors (Lipinski definition) is 2. The summed E-state index contributed by atoms with van der Waals surface area (Å²) in [6, 6.07) is 15.5. The van der Waals surface area contributed by atoms with Crippen molar-refractivity contribution >= 4 is 34.7 Å². The van der Waals surface area contributed by atoms with Crippen molar-refractivity contribution in [3.8, 4) is 0 Å². The lowest BCUT2D eigenvalue weighted by Gasteiger charge is -2.10. The second kappa shape index (κ2) is 7.07. The molecule has 0 aliphatic rings. The number of halogens is 1. The summed E-state index contributed by atoms with van der Waals surface area (Å²) in [5, 5.41) is 15.1. The third kappa shape index (κ3) is 3.96. The molecule has 2 aromatic carbocycles. The molecule has 3 aromatic rings. The quantitative estimate of drug-likeness (QED) is 0.719. The lowest BCUT2D eigenvalue weighted by atomic mass is 10.1. The first kappa shape index (κ1) is 15.2. The maximum atomic E-state index is 5.88. The van der Waals surface area contributed by atoms with E-state index in [1.54, 1.807) is 6.20 Å². The SMILES string of the molecule is CCc1ccccc1Nc1nncc(Nc2ccc(Cl)cc2)n1. The van der Waals surface area contributed by atoms with Gasteiger partial charge in [0.05, 0.1) is 6.20 Å². The van der Waals surface area contributed by atoms with Crippen LogP contribution in [0, 0.1) is 0 Å². The van der Waals surface area contributed by atoms with Gasteiger partial charge in [-0.3, -0.25) is 0 Å². The fraction of sp³-hybridized carbons (Fsp3) is 0.118. The Morgan fingerprint density at radius 1 is 1.00 bits per heavy atom. The molecule has 5 nitrogen and oxygen atoms in total. The first-order valence-corrected chi connectivity index (χ1v) is 7.69. The Labute approximate surface area is 139 Å². The highest BCUT2D eigenvalue weighted by Crippen LogP contribution is 2.21. The largest absolute Gasteiger partial charge is 0.339 e. The molecule has 0 bridgehead atoms. The normalized spacial score (nSPS) is 10.3. The summed E-state index contributed by atoms with van der Waals surface area (Å²) in [4.78, 5) is 4.43. The standard InChI is InChI=1S/C17H16ClN5/c1-2-12-5-3-4-6-15(12)21-17-22-16(11-19-23-17)20-14-9-7-13(18)8-10-14/h3-11H,2H2,1H3,(H2,20,21,22,23). The van der Waals surface area contributed by atoms with Gasteiger partial charge in [-0.15, -0.1) is 5.10 Å². The van der Waals surface area contributed by atoms with Gasteiger partial charge in [0.25, 0.3) is 0 Å². The topological polar surface area (TPSA) is 62.7 Å². The summed E-state index contributed by atoms with van der Waals surface area (Å²) < 4.78 is 0. The first-order valence-electron chi connectivity index (χ1n) is 7.32. The number of nitrogens with one attached hydrogen (secondary N) is 2. The predicted octanol–water partition coefficient (Wildman–Crippen LogP) is 4.57. The number of hydrogen-bond acceptors (Lipinski definition) is 5. The van der Waals surface area contributed by atoms with Crippen LogP contribution >= 0.6 is 11.6 Å². The van der Waals surface area contributed by atoms with Gasteiger partial charge in [0.15, 0.2) is 5.82 Å². The number of benzene rings is 2. The summed E-state index contributed by atoms with van der Waals surface area (Å²) in [5.41, 5.74) is 3.07. The minimum absolute atomic E-state index is 0.449. The highest BCUT2D eigenvalue weighted by Gasteiger charge is 2.04. The van der Waals surface area contributed by atoms with E-state index >= 15 is 0 Å². The number of rotatable bonds is 5. The van der Waals surface area contributed by atoms with Crippen LogP contribution in [0.3, 0.4) is 0 Å². The van der Waals surface area contributed by atoms with E-state index < -0.39 is 0 Å². The minimum Gasteiger partial charge on any atom is -0.339 e. The molecule has 0 aliphatic heterocycles. The minimum atomic E-state index is 0.449. The molecule has 0 unspecified atom stereocenters. The summed E-state index contributed by atoms with van der Waals surface area (Å²) >= 11 is 5.88. The summed E-state index contributed by atoms with van der Waals surface area (Å²) in [6.45, 7) is 2.11. The second-order valence-electron chi connectivity index (χ2n) is 4.93. The van der Waals surface area contributed by atoms with E-state index in [1.165, 1.54) is 5.56 Å². The molecule has 1 heterocycles. The van der Waals surface area contributed by atoms with Gasteiger partial charge in [0.2, 0.25) is 5.95 Å². The zero-order valence-corrected chi connectivity index (χ0v) is 13.4. The van der Waals surface area contributed by atoms with E-state index in [0.29, 0.717) is 16.8 Å². The van der Waals surface area contributed by atoms with Crippen LogP contribution in [0.2, 0.25) is 5.02 Å². The van der Waals surface area contributed by atoms with Gasteiger partial charge in [0, 0.05) is 16.4 Å². The van der Waals surface area contributed by atoms with Gasteiger partial charge in [-0.25, -0.2) is 0 Å². The Morgan fingerprint density at radius 3 is 2.57 bits per heavy atom. The highest BCUT2D eigenvalue weighted by atomic mass is 35.5. The number of aromatic nitrogens is 3. The fourth-order valence-electron chi connectivity index (χ4n) is 2.17. The lowest BCUT2D eigenvalue weighted by molar-refractivity contribution is 0.980. The average molecular weight is 326 g/mol. The van der Waals surface area contributed by atoms with Gasteiger partial charge in [-0.1, -0.05) is 36.7 Å². The number of aryl methyl sites for hydroxylation is 1. The van der Waals surface area contributed by atoms with E-state index in [9.17, 15) is 0 Å². The van der Waals surface area contributed by atoms with Gasteiger partial charge < -0.3 is 10.6 Å². The van der Waals surface area contributed by atoms with Crippen LogP contribution in [-0.2, 0) is 6.42 Å². The number of nitrogens with zero attached hydrogens (tertiary/aromatic N) is 3. The lowest BCUT2D eigenvalue weighted by Crippen LogP contribution is -2.03. The zero-order valence-electron chi connectivity index (χ0n) is 12.6. The smallest absolute Gasteiger partial charge is 0.249 e. The van der Waals surface area contributed by atoms with Crippen molar-refractivity contribution in [3.05, 3.63) is 65.3 Å². The maximum Gasteiger partial charge on any atom is 0.249 e. The molecule has 0 fully saturated rings. The molecule has 0 radical (unpaired) electrons. The van der Waals surface area contributed by atoms with Gasteiger partial charge in [-0.2, -0.15) is 10.1 Å². The van der Waals surface area contributed by atoms with E-state index in [1.807, 2.05) is 42.5 Å². The van der Waals surface area contributed by atoms with Crippen LogP contribution in [0.1, 0.15) is 12.5 Å². The average Bonchev–Trinajstić information content (AvgIpc) is 2.58. The monoisotopic (exact) mass is 325 g/mol. The van der Waals surface area contributed by atoms with E-state index in [4.69, 9.17) is 11.6 Å². The third-order valence-corrected chi connectivity index (χ3v) is 3.57. The van der Waals surface area contributed by atoms with Crippen molar-refractivity contribution < 1.29 is 0 Å². The summed E-state index contributed by atoms with van der Waals surface area (Å²) in [6.07, 6.45) is 2.50. The Kier molecular flexibility index (Phi) is 4.68. The van der Waals surface area contributed by atoms with Crippen molar-refractivity contribution in [2.75, 3.05) is 10.6 Å². The van der Waals surface area contributed by atoms with Crippen LogP contribution in [0.5, 0.6) is 0 Å². The van der Waals surface area contributed by atoms with E-state index in [-0.39, 0.29) is 0 Å². The Bertz CT molecular complexity index is 789. The second-order valence-corrected chi connectivity index (χ2v) is 5.37. The van der Waals surface area contributed by atoms with Crippen molar-refractivity contribution in [1.82, 2.24) is 15.2 Å². The highest BCUT2D eigenvalue weighted by molar-refractivity contribution is 6.30.